The number of anilines is 1. The van der Waals surface area contributed by atoms with Gasteiger partial charge in [0.2, 0.25) is 0 Å². The third-order valence-electron chi connectivity index (χ3n) is 4.13. The molecule has 0 spiro atoms. The van der Waals surface area contributed by atoms with E-state index in [1.807, 2.05) is 23.1 Å². The molecule has 0 saturated heterocycles. The molecule has 1 aromatic carbocycles. The van der Waals surface area contributed by atoms with Crippen molar-refractivity contribution >= 4 is 5.82 Å². The van der Waals surface area contributed by atoms with Crippen LogP contribution in [0.25, 0.3) is 0 Å². The van der Waals surface area contributed by atoms with Crippen LogP contribution in [-0.2, 0) is 19.9 Å². The largest absolute Gasteiger partial charge is 0.356 e. The van der Waals surface area contributed by atoms with E-state index in [0.717, 1.165) is 17.4 Å². The molecule has 0 unspecified atom stereocenters. The van der Waals surface area contributed by atoms with Crippen LogP contribution in [0.2, 0.25) is 0 Å². The van der Waals surface area contributed by atoms with E-state index in [1.54, 1.807) is 0 Å². The Labute approximate surface area is 127 Å². The molecule has 1 N–H and O–H groups in total. The molecule has 1 aliphatic rings. The lowest BCUT2D eigenvalue weighted by atomic mass is 10.0. The number of hydrogen-bond donors (Lipinski definition) is 1. The maximum absolute atomic E-state index is 12.1. The van der Waals surface area contributed by atoms with Crippen molar-refractivity contribution in [2.24, 2.45) is 7.05 Å². The summed E-state index contributed by atoms with van der Waals surface area (Å²) in [6.07, 6.45) is 1.64. The van der Waals surface area contributed by atoms with Crippen LogP contribution in [0, 0.1) is 11.3 Å². The van der Waals surface area contributed by atoms with Gasteiger partial charge in [0.15, 0.2) is 5.56 Å². The fourth-order valence-corrected chi connectivity index (χ4v) is 2.84. The Kier molecular flexibility index (Phi) is 3.55. The molecule has 0 bridgehead atoms. The average molecular weight is 296 g/mol. The number of rotatable bonds is 1. The van der Waals surface area contributed by atoms with E-state index >= 15 is 0 Å². The van der Waals surface area contributed by atoms with Crippen LogP contribution in [0.4, 0.5) is 5.82 Å². The minimum absolute atomic E-state index is 0.00643. The molecule has 3 rings (SSSR count). The van der Waals surface area contributed by atoms with Gasteiger partial charge >= 0.3 is 5.69 Å². The van der Waals surface area contributed by atoms with Gasteiger partial charge < -0.3 is 4.90 Å². The summed E-state index contributed by atoms with van der Waals surface area (Å²) in [5, 5.41) is 9.28. The molecule has 0 fully saturated rings. The first-order chi connectivity index (χ1) is 10.6. The number of hydrogen-bond acceptors (Lipinski definition) is 4. The first-order valence-corrected chi connectivity index (χ1v) is 7.17. The highest BCUT2D eigenvalue weighted by Crippen LogP contribution is 2.20. The Morgan fingerprint density at radius 1 is 1.14 bits per heavy atom. The number of nitriles is 1. The van der Waals surface area contributed by atoms with Gasteiger partial charge in [-0.15, -0.1) is 0 Å². The quantitative estimate of drug-likeness (QED) is 0.833. The molecule has 0 amide bonds. The third-order valence-corrected chi connectivity index (χ3v) is 4.13. The molecule has 1 aromatic heterocycles. The van der Waals surface area contributed by atoms with Gasteiger partial charge in [-0.05, 0) is 24.0 Å². The van der Waals surface area contributed by atoms with E-state index in [1.165, 1.54) is 18.2 Å². The Hall–Kier alpha value is -2.81. The van der Waals surface area contributed by atoms with Crippen molar-refractivity contribution in [1.29, 1.82) is 5.26 Å². The molecule has 1 aliphatic heterocycles. The van der Waals surface area contributed by atoms with Crippen molar-refractivity contribution in [1.82, 2.24) is 9.55 Å². The van der Waals surface area contributed by atoms with Crippen LogP contribution >= 0.6 is 0 Å². The molecule has 2 aromatic rings. The number of nitrogens with zero attached hydrogens (tertiary/aromatic N) is 3. The lowest BCUT2D eigenvalue weighted by molar-refractivity contribution is 0.733. The highest BCUT2D eigenvalue weighted by Gasteiger charge is 2.20. The lowest BCUT2D eigenvalue weighted by Crippen LogP contribution is -2.39. The van der Waals surface area contributed by atoms with Crippen molar-refractivity contribution in [2.45, 2.75) is 12.8 Å². The SMILES string of the molecule is Cn1c(=O)[nH]c(N2CCc3ccccc3CC2)c(C#N)c1=O. The smallest absolute Gasteiger partial charge is 0.329 e. The molecule has 22 heavy (non-hydrogen) atoms. The minimum Gasteiger partial charge on any atom is -0.356 e. The second-order valence-electron chi connectivity index (χ2n) is 5.39. The maximum atomic E-state index is 12.1. The molecule has 0 saturated carbocycles. The molecular weight excluding hydrogens is 280 g/mol. The summed E-state index contributed by atoms with van der Waals surface area (Å²) in [4.78, 5) is 28.5. The maximum Gasteiger partial charge on any atom is 0.329 e. The first-order valence-electron chi connectivity index (χ1n) is 7.17. The summed E-state index contributed by atoms with van der Waals surface area (Å²) in [7, 11) is 1.37. The first kappa shape index (κ1) is 14.1. The predicted octanol–water partition coefficient (Wildman–Crippen LogP) is 0.550. The van der Waals surface area contributed by atoms with Crippen LogP contribution < -0.4 is 16.1 Å². The Morgan fingerprint density at radius 3 is 2.27 bits per heavy atom. The van der Waals surface area contributed by atoms with Crippen molar-refractivity contribution in [3.05, 3.63) is 61.8 Å². The van der Waals surface area contributed by atoms with E-state index in [-0.39, 0.29) is 5.56 Å². The summed E-state index contributed by atoms with van der Waals surface area (Å²) in [6.45, 7) is 1.32. The molecule has 0 atom stereocenters. The Morgan fingerprint density at radius 2 is 1.73 bits per heavy atom. The topological polar surface area (TPSA) is 81.9 Å². The molecule has 0 radical (unpaired) electrons. The van der Waals surface area contributed by atoms with Crippen molar-refractivity contribution in [3.63, 3.8) is 0 Å². The summed E-state index contributed by atoms with van der Waals surface area (Å²) >= 11 is 0. The van der Waals surface area contributed by atoms with E-state index in [4.69, 9.17) is 0 Å². The summed E-state index contributed by atoms with van der Waals surface area (Å²) < 4.78 is 0.925. The van der Waals surface area contributed by atoms with Gasteiger partial charge in [0.05, 0.1) is 0 Å². The van der Waals surface area contributed by atoms with Crippen LogP contribution in [0.3, 0.4) is 0 Å². The predicted molar refractivity (Wildman–Crippen MR) is 83.1 cm³/mol. The van der Waals surface area contributed by atoms with Crippen LogP contribution in [0.15, 0.2) is 33.9 Å². The zero-order valence-corrected chi connectivity index (χ0v) is 12.3. The average Bonchev–Trinajstić information content (AvgIpc) is 2.75. The lowest BCUT2D eigenvalue weighted by Gasteiger charge is -2.22. The summed E-state index contributed by atoms with van der Waals surface area (Å²) in [5.41, 5.74) is 1.49. The number of aromatic nitrogens is 2. The number of fused-ring (bicyclic) bond motifs is 1. The standard InChI is InChI=1S/C16H16N4O2/c1-19-15(21)13(10-17)14(18-16(19)22)20-8-6-11-4-2-3-5-12(11)7-9-20/h2-5H,6-9H2,1H3,(H,18,22). The summed E-state index contributed by atoms with van der Waals surface area (Å²) in [6, 6.07) is 10.1. The monoisotopic (exact) mass is 296 g/mol. The van der Waals surface area contributed by atoms with Gasteiger partial charge in [-0.2, -0.15) is 5.26 Å². The Balaban J connectivity index is 2.02. The van der Waals surface area contributed by atoms with Crippen LogP contribution in [0.5, 0.6) is 0 Å². The highest BCUT2D eigenvalue weighted by molar-refractivity contribution is 5.53. The van der Waals surface area contributed by atoms with Gasteiger partial charge in [0, 0.05) is 20.1 Å². The molecule has 2 heterocycles. The molecule has 6 nitrogen and oxygen atoms in total. The number of benzene rings is 1. The van der Waals surface area contributed by atoms with E-state index in [2.05, 4.69) is 17.1 Å². The molecular formula is C16H16N4O2. The fraction of sp³-hybridized carbons (Fsp3) is 0.312. The molecule has 6 heteroatoms. The second kappa shape index (κ2) is 5.53. The number of nitrogens with one attached hydrogen (secondary N) is 1. The van der Waals surface area contributed by atoms with Gasteiger partial charge in [0.1, 0.15) is 11.9 Å². The molecule has 0 aliphatic carbocycles. The van der Waals surface area contributed by atoms with Crippen molar-refractivity contribution in [3.8, 4) is 6.07 Å². The van der Waals surface area contributed by atoms with Crippen molar-refractivity contribution in [2.75, 3.05) is 18.0 Å². The van der Waals surface area contributed by atoms with Gasteiger partial charge in [-0.25, -0.2) is 4.79 Å². The zero-order valence-electron chi connectivity index (χ0n) is 12.3. The summed E-state index contributed by atoms with van der Waals surface area (Å²) in [5.74, 6) is 0.336. The normalized spacial score (nSPS) is 14.1. The fourth-order valence-electron chi connectivity index (χ4n) is 2.84. The number of H-pyrrole nitrogens is 1. The third kappa shape index (κ3) is 2.31. The Bertz CT molecular complexity index is 846. The highest BCUT2D eigenvalue weighted by atomic mass is 16.2. The van der Waals surface area contributed by atoms with Crippen LogP contribution in [-0.4, -0.2) is 22.6 Å². The van der Waals surface area contributed by atoms with E-state index < -0.39 is 11.2 Å². The molecule has 112 valence electrons. The van der Waals surface area contributed by atoms with Crippen LogP contribution in [0.1, 0.15) is 16.7 Å². The number of aromatic amines is 1. The van der Waals surface area contributed by atoms with Gasteiger partial charge in [-0.3, -0.25) is 14.3 Å². The van der Waals surface area contributed by atoms with Crippen molar-refractivity contribution < 1.29 is 0 Å². The van der Waals surface area contributed by atoms with Gasteiger partial charge in [-0.1, -0.05) is 24.3 Å². The minimum atomic E-state index is -0.553. The van der Waals surface area contributed by atoms with E-state index in [9.17, 15) is 14.9 Å². The zero-order chi connectivity index (χ0) is 15.7. The second-order valence-corrected chi connectivity index (χ2v) is 5.39. The van der Waals surface area contributed by atoms with E-state index in [0.29, 0.717) is 18.9 Å². The van der Waals surface area contributed by atoms with Gasteiger partial charge in [0.25, 0.3) is 5.56 Å².